The fourth-order valence-electron chi connectivity index (χ4n) is 2.79. The average molecular weight is 317 g/mol. The first kappa shape index (κ1) is 14.2. The van der Waals surface area contributed by atoms with E-state index in [-0.39, 0.29) is 0 Å². The molecule has 0 aliphatic rings. The molecule has 4 rings (SSSR count). The molecule has 4 aromatic rings. The van der Waals surface area contributed by atoms with E-state index < -0.39 is 5.91 Å². The molecule has 4 aromatic heterocycles. The molecule has 1 amide bonds. The first-order chi connectivity index (χ1) is 11.6. The van der Waals surface area contributed by atoms with Gasteiger partial charge in [0, 0.05) is 18.1 Å². The highest BCUT2D eigenvalue weighted by Crippen LogP contribution is 2.23. The number of aromatic nitrogens is 4. The molecule has 0 spiro atoms. The maximum absolute atomic E-state index is 11.5. The highest BCUT2D eigenvalue weighted by atomic mass is 16.1. The Kier molecular flexibility index (Phi) is 3.16. The number of carbonyl (C=O) groups is 1. The van der Waals surface area contributed by atoms with Gasteiger partial charge in [0.2, 0.25) is 0 Å². The van der Waals surface area contributed by atoms with Crippen molar-refractivity contribution in [1.29, 1.82) is 0 Å². The number of nitrogens with two attached hydrogens (primary N) is 1. The lowest BCUT2D eigenvalue weighted by Gasteiger charge is -2.10. The number of pyridine rings is 2. The number of imidazole rings is 1. The van der Waals surface area contributed by atoms with Crippen LogP contribution in [0.3, 0.4) is 0 Å². The number of carbonyl (C=O) groups excluding carboxylic acids is 1. The van der Waals surface area contributed by atoms with E-state index in [1.165, 1.54) is 6.20 Å². The van der Waals surface area contributed by atoms with Gasteiger partial charge in [-0.05, 0) is 43.3 Å². The molecule has 2 N–H and O–H groups in total. The Balaban J connectivity index is 1.88. The normalized spacial score (nSPS) is 11.0. The molecule has 0 saturated carbocycles. The minimum atomic E-state index is -0.507. The van der Waals surface area contributed by atoms with Gasteiger partial charge in [0.25, 0.3) is 5.91 Å². The lowest BCUT2D eigenvalue weighted by atomic mass is 10.2. The summed E-state index contributed by atoms with van der Waals surface area (Å²) in [4.78, 5) is 20.3. The zero-order valence-electron chi connectivity index (χ0n) is 13.0. The Hall–Kier alpha value is -3.41. The van der Waals surface area contributed by atoms with Gasteiger partial charge in [-0.3, -0.25) is 14.2 Å². The third kappa shape index (κ3) is 2.25. The van der Waals surface area contributed by atoms with Gasteiger partial charge in [0.15, 0.2) is 0 Å². The third-order valence-electron chi connectivity index (χ3n) is 3.92. The molecule has 4 heterocycles. The Morgan fingerprint density at radius 2 is 2.00 bits per heavy atom. The molecule has 6 heteroatoms. The van der Waals surface area contributed by atoms with E-state index in [1.807, 2.05) is 66.3 Å². The van der Waals surface area contributed by atoms with E-state index in [1.54, 1.807) is 4.40 Å². The van der Waals surface area contributed by atoms with Gasteiger partial charge in [-0.15, -0.1) is 0 Å². The van der Waals surface area contributed by atoms with Crippen molar-refractivity contribution in [2.45, 2.75) is 6.92 Å². The van der Waals surface area contributed by atoms with Crippen LogP contribution >= 0.6 is 0 Å². The number of primary amides is 1. The van der Waals surface area contributed by atoms with Crippen LogP contribution in [0.1, 0.15) is 16.2 Å². The van der Waals surface area contributed by atoms with Crippen LogP contribution in [-0.2, 0) is 0 Å². The average Bonchev–Trinajstić information content (AvgIpc) is 3.21. The second-order valence-corrected chi connectivity index (χ2v) is 5.55. The van der Waals surface area contributed by atoms with Gasteiger partial charge in [-0.2, -0.15) is 0 Å². The van der Waals surface area contributed by atoms with Crippen LogP contribution in [0, 0.1) is 6.92 Å². The highest BCUT2D eigenvalue weighted by Gasteiger charge is 2.11. The quantitative estimate of drug-likeness (QED) is 0.631. The van der Waals surface area contributed by atoms with Crippen molar-refractivity contribution < 1.29 is 4.79 Å². The minimum absolute atomic E-state index is 0.356. The third-order valence-corrected chi connectivity index (χ3v) is 3.92. The van der Waals surface area contributed by atoms with Gasteiger partial charge in [-0.25, -0.2) is 4.98 Å². The van der Waals surface area contributed by atoms with Crippen molar-refractivity contribution in [2.24, 2.45) is 5.73 Å². The van der Waals surface area contributed by atoms with Gasteiger partial charge >= 0.3 is 0 Å². The Morgan fingerprint density at radius 3 is 2.79 bits per heavy atom. The fourth-order valence-corrected chi connectivity index (χ4v) is 2.79. The summed E-state index contributed by atoms with van der Waals surface area (Å²) in [5.74, 6) is -0.507. The molecular formula is C18H15N5O. The van der Waals surface area contributed by atoms with E-state index in [2.05, 4.69) is 9.97 Å². The highest BCUT2D eigenvalue weighted by molar-refractivity contribution is 5.91. The van der Waals surface area contributed by atoms with Crippen molar-refractivity contribution in [3.63, 3.8) is 0 Å². The van der Waals surface area contributed by atoms with E-state index in [9.17, 15) is 4.79 Å². The van der Waals surface area contributed by atoms with E-state index in [0.29, 0.717) is 11.3 Å². The summed E-state index contributed by atoms with van der Waals surface area (Å²) >= 11 is 0. The van der Waals surface area contributed by atoms with Crippen LogP contribution in [0.2, 0.25) is 0 Å². The fraction of sp³-hybridized carbons (Fsp3) is 0.0556. The number of hydrogen-bond acceptors (Lipinski definition) is 3. The van der Waals surface area contributed by atoms with Gasteiger partial charge in [0.05, 0.1) is 23.3 Å². The molecule has 0 fully saturated rings. The van der Waals surface area contributed by atoms with Crippen molar-refractivity contribution in [3.8, 4) is 17.1 Å². The summed E-state index contributed by atoms with van der Waals surface area (Å²) in [6, 6.07) is 13.7. The van der Waals surface area contributed by atoms with Gasteiger partial charge in [0.1, 0.15) is 11.3 Å². The minimum Gasteiger partial charge on any atom is -0.364 e. The second kappa shape index (κ2) is 5.34. The van der Waals surface area contributed by atoms with Crippen molar-refractivity contribution in [1.82, 2.24) is 18.9 Å². The summed E-state index contributed by atoms with van der Waals surface area (Å²) in [6.45, 7) is 1.97. The predicted molar refractivity (Wildman–Crippen MR) is 91.0 cm³/mol. The summed E-state index contributed by atoms with van der Waals surface area (Å²) in [7, 11) is 0. The number of hydrogen-bond donors (Lipinski definition) is 1. The van der Waals surface area contributed by atoms with Crippen LogP contribution in [0.4, 0.5) is 0 Å². The molecule has 0 bridgehead atoms. The molecular weight excluding hydrogens is 302 g/mol. The van der Waals surface area contributed by atoms with Crippen LogP contribution in [0.25, 0.3) is 22.7 Å². The Bertz CT molecular complexity index is 1060. The first-order valence-electron chi connectivity index (χ1n) is 7.52. The van der Waals surface area contributed by atoms with Gasteiger partial charge < -0.3 is 10.3 Å². The van der Waals surface area contributed by atoms with Crippen molar-refractivity contribution in [2.75, 3.05) is 0 Å². The van der Waals surface area contributed by atoms with Crippen molar-refractivity contribution >= 4 is 11.6 Å². The zero-order chi connectivity index (χ0) is 16.7. The Morgan fingerprint density at radius 1 is 1.12 bits per heavy atom. The van der Waals surface area contributed by atoms with E-state index in [0.717, 1.165) is 22.8 Å². The molecule has 0 radical (unpaired) electrons. The smallest absolute Gasteiger partial charge is 0.267 e. The lowest BCUT2D eigenvalue weighted by molar-refractivity contribution is 0.0995. The Labute approximate surface area is 138 Å². The van der Waals surface area contributed by atoms with Crippen LogP contribution in [0.5, 0.6) is 0 Å². The molecule has 0 aliphatic heterocycles. The molecule has 0 atom stereocenters. The molecule has 0 aliphatic carbocycles. The maximum atomic E-state index is 11.5. The summed E-state index contributed by atoms with van der Waals surface area (Å²) in [6.07, 6.45) is 5.29. The summed E-state index contributed by atoms with van der Waals surface area (Å²) in [5.41, 5.74) is 10.2. The number of rotatable bonds is 3. The number of amides is 1. The zero-order valence-corrected chi connectivity index (χ0v) is 13.0. The second-order valence-electron chi connectivity index (χ2n) is 5.55. The maximum Gasteiger partial charge on any atom is 0.267 e. The van der Waals surface area contributed by atoms with Crippen molar-refractivity contribution in [3.05, 3.63) is 72.4 Å². The molecule has 118 valence electrons. The standard InChI is InChI=1S/C18H15N5O/c1-12-4-2-5-14(21-12)15-6-3-9-22(15)13-7-8-17-20-10-16(18(19)24)23(17)11-13/h2-11H,1H3,(H2,19,24). The van der Waals surface area contributed by atoms with E-state index >= 15 is 0 Å². The SMILES string of the molecule is Cc1cccc(-c2cccn2-c2ccc3ncc(C(N)=O)n3c2)n1. The largest absolute Gasteiger partial charge is 0.364 e. The van der Waals surface area contributed by atoms with E-state index in [4.69, 9.17) is 5.73 Å². The number of nitrogens with zero attached hydrogens (tertiary/aromatic N) is 4. The molecule has 6 nitrogen and oxygen atoms in total. The molecule has 0 aromatic carbocycles. The first-order valence-corrected chi connectivity index (χ1v) is 7.52. The topological polar surface area (TPSA) is 78.2 Å². The van der Waals surface area contributed by atoms with Gasteiger partial charge in [-0.1, -0.05) is 6.07 Å². The van der Waals surface area contributed by atoms with Crippen LogP contribution < -0.4 is 5.73 Å². The molecule has 0 unspecified atom stereocenters. The monoisotopic (exact) mass is 317 g/mol. The predicted octanol–water partition coefficient (Wildman–Crippen LogP) is 2.59. The summed E-state index contributed by atoms with van der Waals surface area (Å²) < 4.78 is 3.72. The number of aryl methyl sites for hydroxylation is 1. The molecule has 0 saturated heterocycles. The number of fused-ring (bicyclic) bond motifs is 1. The molecule has 24 heavy (non-hydrogen) atoms. The van der Waals surface area contributed by atoms with Crippen LogP contribution in [0.15, 0.2) is 61.1 Å². The van der Waals surface area contributed by atoms with Crippen LogP contribution in [-0.4, -0.2) is 24.8 Å². The lowest BCUT2D eigenvalue weighted by Crippen LogP contribution is -2.13. The summed E-state index contributed by atoms with van der Waals surface area (Å²) in [5, 5.41) is 0.